The lowest BCUT2D eigenvalue weighted by molar-refractivity contribution is 0.126. The van der Waals surface area contributed by atoms with E-state index in [9.17, 15) is 0 Å². The summed E-state index contributed by atoms with van der Waals surface area (Å²) in [7, 11) is 1.93. The van der Waals surface area contributed by atoms with Gasteiger partial charge < -0.3 is 14.6 Å². The van der Waals surface area contributed by atoms with Crippen LogP contribution in [0.3, 0.4) is 0 Å². The van der Waals surface area contributed by atoms with Crippen LogP contribution in [-0.2, 0) is 17.8 Å². The highest BCUT2D eigenvalue weighted by Gasteiger charge is 2.14. The van der Waals surface area contributed by atoms with Crippen LogP contribution >= 0.6 is 0 Å². The monoisotopic (exact) mass is 261 g/mol. The van der Waals surface area contributed by atoms with E-state index >= 15 is 0 Å². The standard InChI is InChI=1S/C14H19N3O2/c1-3-18-10-13-16-14(19-17-13)9-12(15-2)11-7-5-4-6-8-11/h4-8,12,15H,3,9-10H2,1-2H3. The smallest absolute Gasteiger partial charge is 0.228 e. The molecule has 1 N–H and O–H groups in total. The van der Waals surface area contributed by atoms with Crippen molar-refractivity contribution in [3.63, 3.8) is 0 Å². The molecule has 19 heavy (non-hydrogen) atoms. The lowest BCUT2D eigenvalue weighted by atomic mass is 10.0. The van der Waals surface area contributed by atoms with Crippen LogP contribution < -0.4 is 5.32 Å². The van der Waals surface area contributed by atoms with E-state index < -0.39 is 0 Å². The molecule has 0 saturated heterocycles. The summed E-state index contributed by atoms with van der Waals surface area (Å²) in [5, 5.41) is 7.16. The number of likely N-dealkylation sites (N-methyl/N-ethyl adjacent to an activating group) is 1. The van der Waals surface area contributed by atoms with Crippen LogP contribution in [0.5, 0.6) is 0 Å². The van der Waals surface area contributed by atoms with E-state index in [0.29, 0.717) is 31.3 Å². The zero-order valence-corrected chi connectivity index (χ0v) is 11.3. The van der Waals surface area contributed by atoms with E-state index in [-0.39, 0.29) is 6.04 Å². The lowest BCUT2D eigenvalue weighted by Gasteiger charge is -2.13. The first-order valence-electron chi connectivity index (χ1n) is 6.45. The van der Waals surface area contributed by atoms with Crippen LogP contribution in [0.25, 0.3) is 0 Å². The van der Waals surface area contributed by atoms with Crippen LogP contribution in [-0.4, -0.2) is 23.8 Å². The molecule has 0 fully saturated rings. The van der Waals surface area contributed by atoms with Gasteiger partial charge >= 0.3 is 0 Å². The van der Waals surface area contributed by atoms with Crippen LogP contribution in [0.4, 0.5) is 0 Å². The number of nitrogens with one attached hydrogen (secondary N) is 1. The molecule has 0 saturated carbocycles. The Balaban J connectivity index is 2.00. The summed E-state index contributed by atoms with van der Waals surface area (Å²) in [4.78, 5) is 4.32. The Kier molecular flexibility index (Phi) is 5.06. The van der Waals surface area contributed by atoms with Crippen molar-refractivity contribution >= 4 is 0 Å². The molecule has 0 radical (unpaired) electrons. The molecule has 0 spiro atoms. The molecule has 0 aliphatic heterocycles. The van der Waals surface area contributed by atoms with Crippen LogP contribution in [0.1, 0.15) is 30.2 Å². The minimum Gasteiger partial charge on any atom is -0.374 e. The van der Waals surface area contributed by atoms with Crippen molar-refractivity contribution in [3.8, 4) is 0 Å². The number of aromatic nitrogens is 2. The van der Waals surface area contributed by atoms with E-state index in [4.69, 9.17) is 9.26 Å². The average Bonchev–Trinajstić information content (AvgIpc) is 2.91. The summed E-state index contributed by atoms with van der Waals surface area (Å²) in [5.74, 6) is 1.22. The summed E-state index contributed by atoms with van der Waals surface area (Å²) < 4.78 is 10.5. The maximum absolute atomic E-state index is 5.25. The molecular formula is C14H19N3O2. The molecule has 0 aliphatic carbocycles. The van der Waals surface area contributed by atoms with Gasteiger partial charge in [0.15, 0.2) is 5.82 Å². The second kappa shape index (κ2) is 7.01. The molecule has 0 aliphatic rings. The van der Waals surface area contributed by atoms with Gasteiger partial charge in [0.1, 0.15) is 6.61 Å². The first-order chi connectivity index (χ1) is 9.33. The quantitative estimate of drug-likeness (QED) is 0.827. The summed E-state index contributed by atoms with van der Waals surface area (Å²) in [6, 6.07) is 10.4. The summed E-state index contributed by atoms with van der Waals surface area (Å²) in [5.41, 5.74) is 1.20. The van der Waals surface area contributed by atoms with Gasteiger partial charge in [-0.1, -0.05) is 35.5 Å². The largest absolute Gasteiger partial charge is 0.374 e. The minimum absolute atomic E-state index is 0.168. The van der Waals surface area contributed by atoms with Gasteiger partial charge in [-0.15, -0.1) is 0 Å². The zero-order chi connectivity index (χ0) is 13.5. The number of hydrogen-bond donors (Lipinski definition) is 1. The van der Waals surface area contributed by atoms with Crippen molar-refractivity contribution in [2.45, 2.75) is 26.0 Å². The van der Waals surface area contributed by atoms with Crippen molar-refractivity contribution in [1.82, 2.24) is 15.5 Å². The Bertz CT molecular complexity index is 484. The Morgan fingerprint density at radius 2 is 2.11 bits per heavy atom. The van der Waals surface area contributed by atoms with Crippen LogP contribution in [0.2, 0.25) is 0 Å². The van der Waals surface area contributed by atoms with Crippen molar-refractivity contribution in [2.75, 3.05) is 13.7 Å². The normalized spacial score (nSPS) is 12.5. The Hall–Kier alpha value is -1.72. The predicted molar refractivity (Wildman–Crippen MR) is 71.6 cm³/mol. The third-order valence-corrected chi connectivity index (χ3v) is 2.87. The molecular weight excluding hydrogens is 242 g/mol. The van der Waals surface area contributed by atoms with E-state index in [1.165, 1.54) is 5.56 Å². The zero-order valence-electron chi connectivity index (χ0n) is 11.3. The Morgan fingerprint density at radius 3 is 2.79 bits per heavy atom. The number of ether oxygens (including phenoxy) is 1. The molecule has 1 unspecified atom stereocenters. The van der Waals surface area contributed by atoms with Crippen molar-refractivity contribution in [2.24, 2.45) is 0 Å². The van der Waals surface area contributed by atoms with Crippen molar-refractivity contribution < 1.29 is 9.26 Å². The molecule has 5 heteroatoms. The maximum Gasteiger partial charge on any atom is 0.228 e. The lowest BCUT2D eigenvalue weighted by Crippen LogP contribution is -2.18. The highest BCUT2D eigenvalue weighted by atomic mass is 16.5. The van der Waals surface area contributed by atoms with Gasteiger partial charge in [0.2, 0.25) is 5.89 Å². The second-order valence-corrected chi connectivity index (χ2v) is 4.20. The summed E-state index contributed by atoms with van der Waals surface area (Å²) in [6.07, 6.45) is 0.666. The van der Waals surface area contributed by atoms with Crippen LogP contribution in [0.15, 0.2) is 34.9 Å². The number of nitrogens with zero attached hydrogens (tertiary/aromatic N) is 2. The van der Waals surface area contributed by atoms with E-state index in [1.54, 1.807) is 0 Å². The first kappa shape index (κ1) is 13.7. The molecule has 0 bridgehead atoms. The Morgan fingerprint density at radius 1 is 1.32 bits per heavy atom. The fourth-order valence-electron chi connectivity index (χ4n) is 1.87. The predicted octanol–water partition coefficient (Wildman–Crippen LogP) is 2.11. The first-order valence-corrected chi connectivity index (χ1v) is 6.45. The van der Waals surface area contributed by atoms with Gasteiger partial charge in [-0.25, -0.2) is 0 Å². The molecule has 0 amide bonds. The van der Waals surface area contributed by atoms with Gasteiger partial charge in [0.25, 0.3) is 0 Å². The van der Waals surface area contributed by atoms with Gasteiger partial charge in [-0.2, -0.15) is 4.98 Å². The van der Waals surface area contributed by atoms with E-state index in [2.05, 4.69) is 27.6 Å². The van der Waals surface area contributed by atoms with Crippen molar-refractivity contribution in [1.29, 1.82) is 0 Å². The fourth-order valence-corrected chi connectivity index (χ4v) is 1.87. The van der Waals surface area contributed by atoms with Crippen LogP contribution in [0, 0.1) is 0 Å². The summed E-state index contributed by atoms with van der Waals surface area (Å²) >= 11 is 0. The van der Waals surface area contributed by atoms with E-state index in [1.807, 2.05) is 32.2 Å². The fraction of sp³-hybridized carbons (Fsp3) is 0.429. The number of benzene rings is 1. The molecule has 2 rings (SSSR count). The average molecular weight is 261 g/mol. The molecule has 1 heterocycles. The minimum atomic E-state index is 0.168. The summed E-state index contributed by atoms with van der Waals surface area (Å²) in [6.45, 7) is 2.98. The maximum atomic E-state index is 5.25. The Labute approximate surface area is 113 Å². The van der Waals surface area contributed by atoms with Gasteiger partial charge in [0.05, 0.1) is 0 Å². The van der Waals surface area contributed by atoms with Gasteiger partial charge in [-0.3, -0.25) is 0 Å². The molecule has 1 aromatic heterocycles. The molecule has 2 aromatic rings. The third kappa shape index (κ3) is 3.87. The highest BCUT2D eigenvalue weighted by Crippen LogP contribution is 2.16. The molecule has 1 atom stereocenters. The number of rotatable bonds is 7. The molecule has 1 aromatic carbocycles. The topological polar surface area (TPSA) is 60.2 Å². The third-order valence-electron chi connectivity index (χ3n) is 2.87. The highest BCUT2D eigenvalue weighted by molar-refractivity contribution is 5.19. The SMILES string of the molecule is CCOCc1noc(CC(NC)c2ccccc2)n1. The van der Waals surface area contributed by atoms with E-state index in [0.717, 1.165) is 0 Å². The number of hydrogen-bond acceptors (Lipinski definition) is 5. The molecule has 102 valence electrons. The van der Waals surface area contributed by atoms with Gasteiger partial charge in [-0.05, 0) is 19.5 Å². The molecule has 5 nitrogen and oxygen atoms in total. The second-order valence-electron chi connectivity index (χ2n) is 4.20. The van der Waals surface area contributed by atoms with Crippen molar-refractivity contribution in [3.05, 3.63) is 47.6 Å². The van der Waals surface area contributed by atoms with Gasteiger partial charge in [0, 0.05) is 19.1 Å².